The molecule has 0 amide bonds. The van der Waals surface area contributed by atoms with Crippen molar-refractivity contribution in [3.05, 3.63) is 66.0 Å². The third kappa shape index (κ3) is 4.83. The summed E-state index contributed by atoms with van der Waals surface area (Å²) in [6.45, 7) is 4.41. The van der Waals surface area contributed by atoms with E-state index in [1.807, 2.05) is 42.8 Å². The number of sulfonamides is 1. The lowest BCUT2D eigenvalue weighted by atomic mass is 9.86. The summed E-state index contributed by atoms with van der Waals surface area (Å²) >= 11 is 0. The van der Waals surface area contributed by atoms with Gasteiger partial charge in [0.05, 0.1) is 16.8 Å². The molecule has 1 atom stereocenters. The number of anilines is 1. The molecule has 4 aromatic rings. The zero-order chi connectivity index (χ0) is 25.6. The molecular formula is C27H31N7O2S. The van der Waals surface area contributed by atoms with Crippen molar-refractivity contribution in [1.29, 1.82) is 0 Å². The maximum Gasteiger partial charge on any atom is 0.241 e. The SMILES string of the molecule is CC(C)CNS(=O)(=O)c1c2c(cc3cnc(C4CC4)cc13)CCC(Nc1nncn1-c1cccnc1)C2. The summed E-state index contributed by atoms with van der Waals surface area (Å²) in [5.41, 5.74) is 3.80. The van der Waals surface area contributed by atoms with Crippen molar-refractivity contribution in [2.45, 2.75) is 62.8 Å². The number of aryl methyl sites for hydroxylation is 1. The van der Waals surface area contributed by atoms with Crippen LogP contribution >= 0.6 is 0 Å². The molecule has 192 valence electrons. The van der Waals surface area contributed by atoms with Crippen LogP contribution in [-0.2, 0) is 22.9 Å². The number of aromatic nitrogens is 5. The fourth-order valence-corrected chi connectivity index (χ4v) is 6.79. The Morgan fingerprint density at radius 1 is 1.16 bits per heavy atom. The molecular weight excluding hydrogens is 486 g/mol. The largest absolute Gasteiger partial charge is 0.351 e. The second-order valence-corrected chi connectivity index (χ2v) is 12.2. The minimum absolute atomic E-state index is 0.00774. The molecule has 0 bridgehead atoms. The second-order valence-electron chi connectivity index (χ2n) is 10.5. The first-order valence-electron chi connectivity index (χ1n) is 12.9. The van der Waals surface area contributed by atoms with Crippen molar-refractivity contribution in [3.63, 3.8) is 0 Å². The summed E-state index contributed by atoms with van der Waals surface area (Å²) in [5.74, 6) is 1.26. The zero-order valence-electron chi connectivity index (χ0n) is 21.1. The molecule has 2 N–H and O–H groups in total. The van der Waals surface area contributed by atoms with Crippen molar-refractivity contribution >= 4 is 26.7 Å². The summed E-state index contributed by atoms with van der Waals surface area (Å²) in [4.78, 5) is 9.27. The van der Waals surface area contributed by atoms with E-state index in [4.69, 9.17) is 0 Å². The van der Waals surface area contributed by atoms with E-state index < -0.39 is 10.0 Å². The van der Waals surface area contributed by atoms with Crippen LogP contribution in [-0.4, -0.2) is 45.7 Å². The molecule has 10 heteroatoms. The number of hydrogen-bond donors (Lipinski definition) is 2. The van der Waals surface area contributed by atoms with Gasteiger partial charge in [-0.2, -0.15) is 0 Å². The van der Waals surface area contributed by atoms with Gasteiger partial charge in [0.1, 0.15) is 6.33 Å². The fourth-order valence-electron chi connectivity index (χ4n) is 5.08. The predicted molar refractivity (Wildman–Crippen MR) is 142 cm³/mol. The smallest absolute Gasteiger partial charge is 0.241 e. The van der Waals surface area contributed by atoms with Crippen LogP contribution in [0.4, 0.5) is 5.95 Å². The molecule has 1 fully saturated rings. The Kier molecular flexibility index (Phi) is 6.16. The molecule has 2 aliphatic carbocycles. The van der Waals surface area contributed by atoms with Gasteiger partial charge < -0.3 is 5.32 Å². The Morgan fingerprint density at radius 2 is 2.03 bits per heavy atom. The maximum absolute atomic E-state index is 13.8. The number of nitrogens with one attached hydrogen (secondary N) is 2. The monoisotopic (exact) mass is 517 g/mol. The highest BCUT2D eigenvalue weighted by atomic mass is 32.2. The standard InChI is InChI=1S/C27H31N7O2S/c1-17(2)13-31-37(35,36)26-23-11-21(32-27-33-30-16-34(27)22-4-3-9-28-15-22)8-7-19(23)10-20-14-29-25(12-24(20)26)18-5-6-18/h3-4,9-10,12,14-18,21,31H,5-8,11,13H2,1-2H3,(H,32,33). The summed E-state index contributed by atoms with van der Waals surface area (Å²) in [7, 11) is -3.73. The second kappa shape index (κ2) is 9.50. The van der Waals surface area contributed by atoms with E-state index in [0.29, 0.717) is 29.7 Å². The van der Waals surface area contributed by atoms with Crippen LogP contribution in [0.2, 0.25) is 0 Å². The number of benzene rings is 1. The number of pyridine rings is 2. The van der Waals surface area contributed by atoms with Gasteiger partial charge in [0.25, 0.3) is 0 Å². The molecule has 1 aromatic carbocycles. The van der Waals surface area contributed by atoms with Crippen LogP contribution in [0.25, 0.3) is 16.5 Å². The van der Waals surface area contributed by atoms with Gasteiger partial charge in [0, 0.05) is 47.4 Å². The highest BCUT2D eigenvalue weighted by molar-refractivity contribution is 7.89. The molecule has 1 unspecified atom stereocenters. The lowest BCUT2D eigenvalue weighted by molar-refractivity contribution is 0.555. The number of hydrogen-bond acceptors (Lipinski definition) is 7. The minimum Gasteiger partial charge on any atom is -0.351 e. The highest BCUT2D eigenvalue weighted by Gasteiger charge is 2.31. The molecule has 3 heterocycles. The van der Waals surface area contributed by atoms with Crippen LogP contribution in [0, 0.1) is 5.92 Å². The molecule has 37 heavy (non-hydrogen) atoms. The molecule has 3 aromatic heterocycles. The van der Waals surface area contributed by atoms with E-state index in [-0.39, 0.29) is 12.0 Å². The van der Waals surface area contributed by atoms with Crippen LogP contribution in [0.5, 0.6) is 0 Å². The molecule has 6 rings (SSSR count). The van der Waals surface area contributed by atoms with E-state index in [1.54, 1.807) is 18.7 Å². The number of rotatable bonds is 8. The topological polar surface area (TPSA) is 115 Å². The van der Waals surface area contributed by atoms with Crippen molar-refractivity contribution in [1.82, 2.24) is 29.5 Å². The Hall–Kier alpha value is -3.37. The van der Waals surface area contributed by atoms with E-state index in [0.717, 1.165) is 59.0 Å². The Balaban J connectivity index is 1.39. The lowest BCUT2D eigenvalue weighted by Gasteiger charge is -2.29. The van der Waals surface area contributed by atoms with Crippen LogP contribution < -0.4 is 10.0 Å². The minimum atomic E-state index is -3.73. The average molecular weight is 518 g/mol. The van der Waals surface area contributed by atoms with E-state index in [1.165, 1.54) is 0 Å². The van der Waals surface area contributed by atoms with Gasteiger partial charge in [0.2, 0.25) is 16.0 Å². The Morgan fingerprint density at radius 3 is 2.78 bits per heavy atom. The normalized spacial score (nSPS) is 17.8. The molecule has 1 saturated carbocycles. The van der Waals surface area contributed by atoms with Crippen LogP contribution in [0.1, 0.15) is 55.8 Å². The van der Waals surface area contributed by atoms with Gasteiger partial charge in [-0.25, -0.2) is 13.1 Å². The van der Waals surface area contributed by atoms with Gasteiger partial charge in [0.15, 0.2) is 0 Å². The Bertz CT molecular complexity index is 1550. The zero-order valence-corrected chi connectivity index (χ0v) is 21.9. The Labute approximate surface area is 216 Å². The van der Waals surface area contributed by atoms with Gasteiger partial charge in [-0.1, -0.05) is 13.8 Å². The first kappa shape index (κ1) is 24.0. The van der Waals surface area contributed by atoms with Crippen molar-refractivity contribution in [3.8, 4) is 5.69 Å². The fraction of sp³-hybridized carbons (Fsp3) is 0.407. The predicted octanol–water partition coefficient (Wildman–Crippen LogP) is 3.99. The van der Waals surface area contributed by atoms with Crippen molar-refractivity contribution < 1.29 is 8.42 Å². The van der Waals surface area contributed by atoms with Gasteiger partial charge in [-0.15, -0.1) is 10.2 Å². The summed E-state index contributed by atoms with van der Waals surface area (Å²) in [6, 6.07) is 7.96. The van der Waals surface area contributed by atoms with Crippen LogP contribution in [0.3, 0.4) is 0 Å². The number of nitrogens with zero attached hydrogens (tertiary/aromatic N) is 5. The lowest BCUT2D eigenvalue weighted by Crippen LogP contribution is -2.33. The summed E-state index contributed by atoms with van der Waals surface area (Å²) in [6.07, 6.45) is 11.4. The molecule has 0 aliphatic heterocycles. The quantitative estimate of drug-likeness (QED) is 0.363. The molecule has 9 nitrogen and oxygen atoms in total. The third-order valence-electron chi connectivity index (χ3n) is 7.16. The van der Waals surface area contributed by atoms with E-state index in [2.05, 4.69) is 36.3 Å². The summed E-state index contributed by atoms with van der Waals surface area (Å²) < 4.78 is 32.3. The van der Waals surface area contributed by atoms with Crippen LogP contribution in [0.15, 0.2) is 54.1 Å². The maximum atomic E-state index is 13.8. The van der Waals surface area contributed by atoms with Gasteiger partial charge in [-0.3, -0.25) is 14.5 Å². The van der Waals surface area contributed by atoms with Gasteiger partial charge in [-0.05, 0) is 73.4 Å². The summed E-state index contributed by atoms with van der Waals surface area (Å²) in [5, 5.41) is 13.5. The molecule has 2 aliphatic rings. The van der Waals surface area contributed by atoms with Gasteiger partial charge >= 0.3 is 0 Å². The molecule has 0 radical (unpaired) electrons. The van der Waals surface area contributed by atoms with Crippen molar-refractivity contribution in [2.75, 3.05) is 11.9 Å². The average Bonchev–Trinajstić information content (AvgIpc) is 3.65. The van der Waals surface area contributed by atoms with E-state index >= 15 is 0 Å². The third-order valence-corrected chi connectivity index (χ3v) is 8.71. The molecule has 0 saturated heterocycles. The van der Waals surface area contributed by atoms with Crippen molar-refractivity contribution in [2.24, 2.45) is 5.92 Å². The number of fused-ring (bicyclic) bond motifs is 2. The first-order valence-corrected chi connectivity index (χ1v) is 14.4. The van der Waals surface area contributed by atoms with E-state index in [9.17, 15) is 8.42 Å². The first-order chi connectivity index (χ1) is 17.9. The molecule has 0 spiro atoms. The highest BCUT2D eigenvalue weighted by Crippen LogP contribution is 2.42.